The molecular weight excluding hydrogens is 306 g/mol. The minimum atomic E-state index is -1.22. The summed E-state index contributed by atoms with van der Waals surface area (Å²) in [6.07, 6.45) is 1.95. The van der Waals surface area contributed by atoms with Crippen molar-refractivity contribution in [3.63, 3.8) is 0 Å². The molecule has 2 aromatic rings. The minimum Gasteiger partial charge on any atom is -0.381 e. The molecule has 0 bridgehead atoms. The van der Waals surface area contributed by atoms with Gasteiger partial charge in [-0.15, -0.1) is 0 Å². The van der Waals surface area contributed by atoms with Gasteiger partial charge in [-0.2, -0.15) is 15.4 Å². The van der Waals surface area contributed by atoms with Crippen LogP contribution in [0.1, 0.15) is 24.1 Å². The Morgan fingerprint density at radius 2 is 2.26 bits per heavy atom. The molecule has 3 rings (SSSR count). The van der Waals surface area contributed by atoms with Crippen LogP contribution in [0.4, 0.5) is 8.78 Å². The average Bonchev–Trinajstić information content (AvgIpc) is 3.18. The molecule has 1 aliphatic heterocycles. The Labute approximate surface area is 131 Å². The van der Waals surface area contributed by atoms with Crippen LogP contribution in [-0.4, -0.2) is 44.4 Å². The molecule has 23 heavy (non-hydrogen) atoms. The van der Waals surface area contributed by atoms with E-state index in [9.17, 15) is 18.7 Å². The van der Waals surface area contributed by atoms with Gasteiger partial charge in [0.05, 0.1) is 12.7 Å². The number of aliphatic hydroxyl groups is 1. The van der Waals surface area contributed by atoms with Crippen molar-refractivity contribution in [2.24, 2.45) is 0 Å². The van der Waals surface area contributed by atoms with Crippen LogP contribution < -0.4 is 0 Å². The zero-order valence-corrected chi connectivity index (χ0v) is 12.3. The fourth-order valence-electron chi connectivity index (χ4n) is 2.78. The second kappa shape index (κ2) is 6.04. The van der Waals surface area contributed by atoms with Crippen molar-refractivity contribution in [1.82, 2.24) is 20.3 Å². The number of nitrogens with zero attached hydrogens (tertiary/aromatic N) is 3. The van der Waals surface area contributed by atoms with E-state index >= 15 is 0 Å². The molecular formula is C15H16F2N4O2. The Balaban J connectivity index is 1.60. The Morgan fingerprint density at radius 1 is 1.43 bits per heavy atom. The SMILES string of the molecule is O=C(CCc1cc(F)ccc1F)N1CC[C@@](O)(c2cn[nH]n2)C1. The number of aromatic nitrogens is 3. The summed E-state index contributed by atoms with van der Waals surface area (Å²) >= 11 is 0. The number of halogens is 2. The van der Waals surface area contributed by atoms with Gasteiger partial charge >= 0.3 is 0 Å². The molecule has 8 heteroatoms. The molecule has 1 saturated heterocycles. The molecule has 122 valence electrons. The van der Waals surface area contributed by atoms with Crippen molar-refractivity contribution in [3.05, 3.63) is 47.3 Å². The van der Waals surface area contributed by atoms with E-state index in [1.54, 1.807) is 0 Å². The highest BCUT2D eigenvalue weighted by atomic mass is 19.1. The fraction of sp³-hybridized carbons (Fsp3) is 0.400. The highest BCUT2D eigenvalue weighted by Crippen LogP contribution is 2.30. The topological polar surface area (TPSA) is 82.1 Å². The summed E-state index contributed by atoms with van der Waals surface area (Å²) < 4.78 is 26.7. The first kappa shape index (κ1) is 15.5. The summed E-state index contributed by atoms with van der Waals surface area (Å²) in [7, 11) is 0. The summed E-state index contributed by atoms with van der Waals surface area (Å²) in [4.78, 5) is 13.7. The number of likely N-dealkylation sites (tertiary alicyclic amines) is 1. The second-order valence-electron chi connectivity index (χ2n) is 5.69. The van der Waals surface area contributed by atoms with E-state index in [4.69, 9.17) is 0 Å². The molecule has 1 atom stereocenters. The van der Waals surface area contributed by atoms with Crippen LogP contribution in [0.25, 0.3) is 0 Å². The highest BCUT2D eigenvalue weighted by Gasteiger charge is 2.41. The van der Waals surface area contributed by atoms with Crippen molar-refractivity contribution in [1.29, 1.82) is 0 Å². The van der Waals surface area contributed by atoms with E-state index in [1.165, 1.54) is 11.1 Å². The maximum Gasteiger partial charge on any atom is 0.223 e. The lowest BCUT2D eigenvalue weighted by atomic mass is 10.00. The van der Waals surface area contributed by atoms with Crippen molar-refractivity contribution in [3.8, 4) is 0 Å². The molecule has 0 spiro atoms. The number of β-amino-alcohol motifs (C(OH)–C–C–N with tert-alkyl or cyclic N) is 1. The van der Waals surface area contributed by atoms with Crippen LogP contribution in [0.2, 0.25) is 0 Å². The number of hydrogen-bond donors (Lipinski definition) is 2. The maximum absolute atomic E-state index is 13.6. The van der Waals surface area contributed by atoms with Crippen molar-refractivity contribution in [2.75, 3.05) is 13.1 Å². The highest BCUT2D eigenvalue weighted by molar-refractivity contribution is 5.77. The Kier molecular flexibility index (Phi) is 4.08. The molecule has 2 N–H and O–H groups in total. The summed E-state index contributed by atoms with van der Waals surface area (Å²) in [6, 6.07) is 3.19. The molecule has 1 fully saturated rings. The average molecular weight is 322 g/mol. The van der Waals surface area contributed by atoms with E-state index in [-0.39, 0.29) is 30.9 Å². The molecule has 0 unspecified atom stereocenters. The lowest BCUT2D eigenvalue weighted by Gasteiger charge is -2.21. The van der Waals surface area contributed by atoms with Gasteiger partial charge in [-0.25, -0.2) is 8.78 Å². The first-order chi connectivity index (χ1) is 11.0. The molecule has 1 amide bonds. The van der Waals surface area contributed by atoms with Gasteiger partial charge in [0.1, 0.15) is 22.9 Å². The van der Waals surface area contributed by atoms with E-state index in [0.717, 1.165) is 18.2 Å². The molecule has 1 aliphatic rings. The van der Waals surface area contributed by atoms with Crippen LogP contribution >= 0.6 is 0 Å². The molecule has 6 nitrogen and oxygen atoms in total. The van der Waals surface area contributed by atoms with Crippen LogP contribution in [0, 0.1) is 11.6 Å². The van der Waals surface area contributed by atoms with Crippen molar-refractivity contribution < 1.29 is 18.7 Å². The zero-order chi connectivity index (χ0) is 16.4. The van der Waals surface area contributed by atoms with Gasteiger partial charge in [0.15, 0.2) is 0 Å². The number of aryl methyl sites for hydroxylation is 1. The van der Waals surface area contributed by atoms with Gasteiger partial charge in [-0.3, -0.25) is 4.79 Å². The molecule has 0 aliphatic carbocycles. The number of H-pyrrole nitrogens is 1. The molecule has 1 aromatic heterocycles. The number of amides is 1. The maximum atomic E-state index is 13.6. The largest absolute Gasteiger partial charge is 0.381 e. The first-order valence-electron chi connectivity index (χ1n) is 7.28. The van der Waals surface area contributed by atoms with Crippen LogP contribution in [0.15, 0.2) is 24.4 Å². The van der Waals surface area contributed by atoms with Gasteiger partial charge in [0.25, 0.3) is 0 Å². The number of benzene rings is 1. The van der Waals surface area contributed by atoms with Crippen molar-refractivity contribution in [2.45, 2.75) is 24.9 Å². The second-order valence-corrected chi connectivity index (χ2v) is 5.69. The minimum absolute atomic E-state index is 0.0509. The number of hydrogen-bond acceptors (Lipinski definition) is 4. The van der Waals surface area contributed by atoms with Crippen LogP contribution in [0.3, 0.4) is 0 Å². The standard InChI is InChI=1S/C15H16F2N4O2/c16-11-2-3-12(17)10(7-11)1-4-14(22)21-6-5-15(23,9-21)13-8-18-20-19-13/h2-3,7-8,23H,1,4-6,9H2,(H,18,19,20)/t15-/m0/s1. The predicted molar refractivity (Wildman–Crippen MR) is 76.2 cm³/mol. The van der Waals surface area contributed by atoms with Gasteiger partial charge in [0.2, 0.25) is 5.91 Å². The number of carbonyl (C=O) groups is 1. The smallest absolute Gasteiger partial charge is 0.223 e. The van der Waals surface area contributed by atoms with Gasteiger partial charge in [-0.05, 0) is 30.2 Å². The molecule has 2 heterocycles. The third-order valence-corrected chi connectivity index (χ3v) is 4.11. The molecule has 0 saturated carbocycles. The summed E-state index contributed by atoms with van der Waals surface area (Å²) in [5, 5.41) is 20.5. The van der Waals surface area contributed by atoms with E-state index in [1.807, 2.05) is 0 Å². The van der Waals surface area contributed by atoms with Crippen molar-refractivity contribution >= 4 is 5.91 Å². The monoisotopic (exact) mass is 322 g/mol. The number of nitrogens with one attached hydrogen (secondary N) is 1. The van der Waals surface area contributed by atoms with Crippen LogP contribution in [0.5, 0.6) is 0 Å². The lowest BCUT2D eigenvalue weighted by Crippen LogP contribution is -2.34. The Bertz CT molecular complexity index is 708. The summed E-state index contributed by atoms with van der Waals surface area (Å²) in [5.74, 6) is -1.27. The third kappa shape index (κ3) is 3.21. The molecule has 0 radical (unpaired) electrons. The fourth-order valence-corrected chi connectivity index (χ4v) is 2.78. The van der Waals surface area contributed by atoms with Gasteiger partial charge in [-0.1, -0.05) is 0 Å². The normalized spacial score (nSPS) is 20.9. The Morgan fingerprint density at radius 3 is 3.00 bits per heavy atom. The number of aromatic amines is 1. The Hall–Kier alpha value is -2.35. The van der Waals surface area contributed by atoms with Gasteiger partial charge < -0.3 is 10.0 Å². The van der Waals surface area contributed by atoms with E-state index in [2.05, 4.69) is 15.4 Å². The third-order valence-electron chi connectivity index (χ3n) is 4.11. The summed E-state index contributed by atoms with van der Waals surface area (Å²) in [5.41, 5.74) is -0.652. The number of carbonyl (C=O) groups excluding carboxylic acids is 1. The van der Waals surface area contributed by atoms with Gasteiger partial charge in [0, 0.05) is 19.4 Å². The lowest BCUT2D eigenvalue weighted by molar-refractivity contribution is -0.131. The van der Waals surface area contributed by atoms with E-state index in [0.29, 0.717) is 18.7 Å². The van der Waals surface area contributed by atoms with E-state index < -0.39 is 17.2 Å². The zero-order valence-electron chi connectivity index (χ0n) is 12.3. The number of rotatable bonds is 4. The first-order valence-corrected chi connectivity index (χ1v) is 7.28. The quantitative estimate of drug-likeness (QED) is 0.884. The summed E-state index contributed by atoms with van der Waals surface area (Å²) in [6.45, 7) is 0.498. The predicted octanol–water partition coefficient (Wildman–Crippen LogP) is 1.14. The van der Waals surface area contributed by atoms with Crippen LogP contribution in [-0.2, 0) is 16.8 Å². The molecule has 1 aromatic carbocycles.